The predicted molar refractivity (Wildman–Crippen MR) is 49.5 cm³/mol. The molecule has 0 aliphatic heterocycles. The zero-order valence-corrected chi connectivity index (χ0v) is 8.52. The van der Waals surface area contributed by atoms with Crippen LogP contribution in [0, 0.1) is 0 Å². The first-order valence-electron chi connectivity index (χ1n) is 3.83. The van der Waals surface area contributed by atoms with E-state index in [-0.39, 0.29) is 19.0 Å². The molecule has 13 heavy (non-hydrogen) atoms. The number of nitrogens with one attached hydrogen (secondary N) is 2. The summed E-state index contributed by atoms with van der Waals surface area (Å²) < 4.78 is 24.6. The molecular formula is C6H15N3O3S. The quantitative estimate of drug-likeness (QED) is 0.487. The van der Waals surface area contributed by atoms with Crippen LogP contribution in [0.3, 0.4) is 0 Å². The second-order valence-corrected chi connectivity index (χ2v) is 4.77. The molecule has 0 aromatic heterocycles. The van der Waals surface area contributed by atoms with Crippen LogP contribution in [0.5, 0.6) is 0 Å². The average molecular weight is 209 g/mol. The smallest absolute Gasteiger partial charge is 0.234 e. The van der Waals surface area contributed by atoms with Crippen LogP contribution < -0.4 is 15.8 Å². The monoisotopic (exact) mass is 209 g/mol. The van der Waals surface area contributed by atoms with Gasteiger partial charge in [0.25, 0.3) is 0 Å². The van der Waals surface area contributed by atoms with Crippen molar-refractivity contribution < 1.29 is 13.2 Å². The molecule has 0 aromatic carbocycles. The number of carbonyl (C=O) groups excluding carboxylic acids is 1. The summed E-state index contributed by atoms with van der Waals surface area (Å²) in [6, 6.07) is 0. The highest BCUT2D eigenvalue weighted by molar-refractivity contribution is 7.90. The van der Waals surface area contributed by atoms with Crippen LogP contribution in [0.1, 0.15) is 6.92 Å². The minimum Gasteiger partial charge on any atom is -0.358 e. The van der Waals surface area contributed by atoms with Crippen molar-refractivity contribution in [3.8, 4) is 0 Å². The molecule has 6 nitrogen and oxygen atoms in total. The maximum absolute atomic E-state index is 11.2. The Hall–Kier alpha value is -0.660. The molecule has 0 bridgehead atoms. The van der Waals surface area contributed by atoms with E-state index >= 15 is 0 Å². The molecule has 0 rings (SSSR count). The van der Waals surface area contributed by atoms with Crippen LogP contribution in [0.25, 0.3) is 0 Å². The van der Waals surface area contributed by atoms with Crippen LogP contribution >= 0.6 is 0 Å². The highest BCUT2D eigenvalue weighted by atomic mass is 32.2. The van der Waals surface area contributed by atoms with Gasteiger partial charge >= 0.3 is 0 Å². The Morgan fingerprint density at radius 2 is 2.08 bits per heavy atom. The molecule has 1 amide bonds. The van der Waals surface area contributed by atoms with Crippen LogP contribution in [0.2, 0.25) is 0 Å². The van der Waals surface area contributed by atoms with Gasteiger partial charge in [-0.3, -0.25) is 4.79 Å². The van der Waals surface area contributed by atoms with E-state index in [9.17, 15) is 13.2 Å². The lowest BCUT2D eigenvalue weighted by Crippen LogP contribution is -2.41. The van der Waals surface area contributed by atoms with Gasteiger partial charge in [-0.1, -0.05) is 0 Å². The van der Waals surface area contributed by atoms with Crippen LogP contribution in [-0.4, -0.2) is 39.7 Å². The van der Waals surface area contributed by atoms with Gasteiger partial charge in [0.1, 0.15) is 0 Å². The lowest BCUT2D eigenvalue weighted by Gasteiger charge is -2.10. The third kappa shape index (κ3) is 4.20. The van der Waals surface area contributed by atoms with Gasteiger partial charge in [0.15, 0.2) is 0 Å². The van der Waals surface area contributed by atoms with Gasteiger partial charge in [-0.25, -0.2) is 13.1 Å². The number of sulfonamides is 1. The SMILES string of the molecule is CNC(=O)CNS(=O)(=O)C(C)CN. The summed E-state index contributed by atoms with van der Waals surface area (Å²) in [5.74, 6) is -0.382. The number of carbonyl (C=O) groups is 1. The Kier molecular flexibility index (Phi) is 4.89. The molecule has 0 saturated carbocycles. The van der Waals surface area contributed by atoms with E-state index in [4.69, 9.17) is 5.73 Å². The lowest BCUT2D eigenvalue weighted by atomic mass is 10.5. The maximum atomic E-state index is 11.2. The van der Waals surface area contributed by atoms with E-state index in [1.54, 1.807) is 0 Å². The molecule has 0 aliphatic carbocycles. The Labute approximate surface area is 77.9 Å². The molecule has 0 radical (unpaired) electrons. The van der Waals surface area contributed by atoms with E-state index in [1.807, 2.05) is 0 Å². The molecule has 1 unspecified atom stereocenters. The minimum atomic E-state index is -3.45. The first-order chi connectivity index (χ1) is 5.94. The average Bonchev–Trinajstić information content (AvgIpc) is 2.12. The second kappa shape index (κ2) is 5.15. The molecule has 7 heteroatoms. The van der Waals surface area contributed by atoms with Crippen molar-refractivity contribution in [3.63, 3.8) is 0 Å². The van der Waals surface area contributed by atoms with Crippen molar-refractivity contribution in [3.05, 3.63) is 0 Å². The van der Waals surface area contributed by atoms with Gasteiger partial charge in [0, 0.05) is 13.6 Å². The largest absolute Gasteiger partial charge is 0.358 e. The fraction of sp³-hybridized carbons (Fsp3) is 0.833. The number of amides is 1. The minimum absolute atomic E-state index is 0.0308. The Bertz CT molecular complexity index is 262. The zero-order chi connectivity index (χ0) is 10.5. The van der Waals surface area contributed by atoms with Crippen LogP contribution in [0.15, 0.2) is 0 Å². The van der Waals surface area contributed by atoms with Crippen molar-refractivity contribution in [1.82, 2.24) is 10.0 Å². The summed E-state index contributed by atoms with van der Waals surface area (Å²) in [6.45, 7) is 1.26. The highest BCUT2D eigenvalue weighted by Gasteiger charge is 2.19. The highest BCUT2D eigenvalue weighted by Crippen LogP contribution is 1.94. The van der Waals surface area contributed by atoms with Crippen LogP contribution in [0.4, 0.5) is 0 Å². The zero-order valence-electron chi connectivity index (χ0n) is 7.70. The standard InChI is InChI=1S/C6H15N3O3S/c1-5(3-7)13(11,12)9-4-6(10)8-2/h5,9H,3-4,7H2,1-2H3,(H,8,10). The second-order valence-electron chi connectivity index (χ2n) is 2.59. The lowest BCUT2D eigenvalue weighted by molar-refractivity contribution is -0.119. The molecule has 4 N–H and O–H groups in total. The van der Waals surface area contributed by atoms with E-state index in [2.05, 4.69) is 10.0 Å². The van der Waals surface area contributed by atoms with Gasteiger partial charge in [-0.2, -0.15) is 0 Å². The van der Waals surface area contributed by atoms with E-state index in [1.165, 1.54) is 14.0 Å². The normalized spacial score (nSPS) is 13.8. The van der Waals surface area contributed by atoms with Gasteiger partial charge in [-0.05, 0) is 6.92 Å². The summed E-state index contributed by atoms with van der Waals surface area (Å²) >= 11 is 0. The first kappa shape index (κ1) is 12.3. The Morgan fingerprint density at radius 1 is 1.54 bits per heavy atom. The van der Waals surface area contributed by atoms with Crippen molar-refractivity contribution >= 4 is 15.9 Å². The number of likely N-dealkylation sites (N-methyl/N-ethyl adjacent to an activating group) is 1. The van der Waals surface area contributed by atoms with Crippen molar-refractivity contribution in [2.75, 3.05) is 20.1 Å². The molecule has 0 aliphatic rings. The summed E-state index contributed by atoms with van der Waals surface area (Å²) in [5.41, 5.74) is 5.18. The number of rotatable bonds is 5. The molecule has 0 aromatic rings. The third-order valence-corrected chi connectivity index (χ3v) is 3.37. The molecule has 0 heterocycles. The Morgan fingerprint density at radius 3 is 2.46 bits per heavy atom. The number of hydrogen-bond acceptors (Lipinski definition) is 4. The molecular weight excluding hydrogens is 194 g/mol. The van der Waals surface area contributed by atoms with E-state index in [0.29, 0.717) is 0 Å². The summed E-state index contributed by atoms with van der Waals surface area (Å²) in [6.07, 6.45) is 0. The van der Waals surface area contributed by atoms with Crippen molar-refractivity contribution in [2.24, 2.45) is 5.73 Å². The predicted octanol–water partition coefficient (Wildman–Crippen LogP) is -2.00. The summed E-state index contributed by atoms with van der Waals surface area (Å²) in [5, 5.41) is 1.61. The Balaban J connectivity index is 4.12. The molecule has 1 atom stereocenters. The van der Waals surface area contributed by atoms with Gasteiger partial charge in [-0.15, -0.1) is 0 Å². The first-order valence-corrected chi connectivity index (χ1v) is 5.37. The third-order valence-electron chi connectivity index (χ3n) is 1.57. The van der Waals surface area contributed by atoms with Gasteiger partial charge < -0.3 is 11.1 Å². The van der Waals surface area contributed by atoms with Crippen molar-refractivity contribution in [2.45, 2.75) is 12.2 Å². The van der Waals surface area contributed by atoms with Crippen molar-refractivity contribution in [1.29, 1.82) is 0 Å². The summed E-state index contributed by atoms with van der Waals surface area (Å²) in [7, 11) is -2.02. The van der Waals surface area contributed by atoms with Gasteiger partial charge in [0.05, 0.1) is 11.8 Å². The fourth-order valence-electron chi connectivity index (χ4n) is 0.523. The van der Waals surface area contributed by atoms with Crippen LogP contribution in [-0.2, 0) is 14.8 Å². The van der Waals surface area contributed by atoms with Gasteiger partial charge in [0.2, 0.25) is 15.9 Å². The topological polar surface area (TPSA) is 101 Å². The van der Waals surface area contributed by atoms with E-state index in [0.717, 1.165) is 0 Å². The number of hydrogen-bond donors (Lipinski definition) is 3. The van der Waals surface area contributed by atoms with E-state index < -0.39 is 15.3 Å². The molecule has 0 spiro atoms. The molecule has 0 fully saturated rings. The molecule has 0 saturated heterocycles. The summed E-state index contributed by atoms with van der Waals surface area (Å²) in [4.78, 5) is 10.7. The fourth-order valence-corrected chi connectivity index (χ4v) is 1.39. The molecule has 78 valence electrons. The number of nitrogens with two attached hydrogens (primary N) is 1. The maximum Gasteiger partial charge on any atom is 0.234 e.